The van der Waals surface area contributed by atoms with Gasteiger partial charge >= 0.3 is 0 Å². The number of aryl methyl sites for hydroxylation is 1. The van der Waals surface area contributed by atoms with Gasteiger partial charge in [-0.05, 0) is 54.3 Å². The minimum atomic E-state index is -0.463. The Kier molecular flexibility index (Phi) is 4.19. The standard InChI is InChI=1S/C14H15F2N3/c1-9-4-5-18-8-12(9)14(19-17)7-10-6-11(15)2-3-13(10)16/h2-6,8,14,19H,7,17H2,1H3. The fraction of sp³-hybridized carbons (Fsp3) is 0.214. The van der Waals surface area contributed by atoms with Crippen LogP contribution in [0.5, 0.6) is 0 Å². The summed E-state index contributed by atoms with van der Waals surface area (Å²) >= 11 is 0. The summed E-state index contributed by atoms with van der Waals surface area (Å²) in [6.07, 6.45) is 3.61. The van der Waals surface area contributed by atoms with E-state index in [-0.39, 0.29) is 18.0 Å². The highest BCUT2D eigenvalue weighted by molar-refractivity contribution is 5.28. The molecule has 5 heteroatoms. The van der Waals surface area contributed by atoms with E-state index in [9.17, 15) is 8.78 Å². The lowest BCUT2D eigenvalue weighted by Gasteiger charge is -2.18. The molecule has 2 aromatic rings. The van der Waals surface area contributed by atoms with Crippen LogP contribution in [0, 0.1) is 18.6 Å². The number of nitrogens with one attached hydrogen (secondary N) is 1. The van der Waals surface area contributed by atoms with Gasteiger partial charge in [-0.3, -0.25) is 16.3 Å². The molecule has 0 bridgehead atoms. The van der Waals surface area contributed by atoms with Crippen LogP contribution in [-0.2, 0) is 6.42 Å². The first-order chi connectivity index (χ1) is 9.11. The van der Waals surface area contributed by atoms with E-state index < -0.39 is 11.6 Å². The van der Waals surface area contributed by atoms with Gasteiger partial charge in [0.15, 0.2) is 0 Å². The first kappa shape index (κ1) is 13.6. The van der Waals surface area contributed by atoms with Crippen molar-refractivity contribution in [3.05, 3.63) is 65.0 Å². The van der Waals surface area contributed by atoms with Crippen molar-refractivity contribution in [2.24, 2.45) is 5.84 Å². The average molecular weight is 263 g/mol. The van der Waals surface area contributed by atoms with Crippen molar-refractivity contribution >= 4 is 0 Å². The van der Waals surface area contributed by atoms with Gasteiger partial charge in [-0.2, -0.15) is 0 Å². The number of halogens is 2. The molecule has 0 spiro atoms. The predicted molar refractivity (Wildman–Crippen MR) is 69.1 cm³/mol. The van der Waals surface area contributed by atoms with E-state index in [2.05, 4.69) is 10.4 Å². The van der Waals surface area contributed by atoms with Crippen LogP contribution in [0.1, 0.15) is 22.7 Å². The highest BCUT2D eigenvalue weighted by atomic mass is 19.1. The summed E-state index contributed by atoms with van der Waals surface area (Å²) in [4.78, 5) is 4.03. The van der Waals surface area contributed by atoms with Gasteiger partial charge in [-0.15, -0.1) is 0 Å². The molecule has 0 radical (unpaired) electrons. The van der Waals surface area contributed by atoms with E-state index in [0.29, 0.717) is 0 Å². The van der Waals surface area contributed by atoms with Gasteiger partial charge in [-0.25, -0.2) is 8.78 Å². The molecule has 0 fully saturated rings. The number of nitrogens with two attached hydrogens (primary N) is 1. The van der Waals surface area contributed by atoms with Crippen molar-refractivity contribution in [3.8, 4) is 0 Å². The Morgan fingerprint density at radius 2 is 2.11 bits per heavy atom. The molecule has 1 heterocycles. The highest BCUT2D eigenvalue weighted by Gasteiger charge is 2.15. The summed E-state index contributed by atoms with van der Waals surface area (Å²) < 4.78 is 26.8. The minimum absolute atomic E-state index is 0.257. The maximum atomic E-state index is 13.6. The molecule has 1 unspecified atom stereocenters. The van der Waals surface area contributed by atoms with Crippen molar-refractivity contribution in [2.45, 2.75) is 19.4 Å². The number of hydrogen-bond acceptors (Lipinski definition) is 3. The van der Waals surface area contributed by atoms with Crippen molar-refractivity contribution in [3.63, 3.8) is 0 Å². The Labute approximate surface area is 110 Å². The highest BCUT2D eigenvalue weighted by Crippen LogP contribution is 2.22. The summed E-state index contributed by atoms with van der Waals surface area (Å²) in [6, 6.07) is 4.94. The smallest absolute Gasteiger partial charge is 0.126 e. The molecule has 0 aliphatic carbocycles. The molecule has 0 amide bonds. The van der Waals surface area contributed by atoms with Crippen LogP contribution in [0.15, 0.2) is 36.7 Å². The summed E-state index contributed by atoms with van der Waals surface area (Å²) in [5, 5.41) is 0. The van der Waals surface area contributed by atoms with Gasteiger partial charge in [-0.1, -0.05) is 0 Å². The Hall–Kier alpha value is -1.85. The normalized spacial score (nSPS) is 12.4. The van der Waals surface area contributed by atoms with Crippen molar-refractivity contribution in [2.75, 3.05) is 0 Å². The van der Waals surface area contributed by atoms with Gasteiger partial charge in [0.2, 0.25) is 0 Å². The van der Waals surface area contributed by atoms with Crippen molar-refractivity contribution in [1.29, 1.82) is 0 Å². The van der Waals surface area contributed by atoms with Crippen molar-refractivity contribution in [1.82, 2.24) is 10.4 Å². The summed E-state index contributed by atoms with van der Waals surface area (Å²) in [7, 11) is 0. The second kappa shape index (κ2) is 5.86. The van der Waals surface area contributed by atoms with Gasteiger partial charge in [0.25, 0.3) is 0 Å². The third-order valence-corrected chi connectivity index (χ3v) is 3.09. The van der Waals surface area contributed by atoms with E-state index in [4.69, 9.17) is 5.84 Å². The molecule has 1 aromatic carbocycles. The second-order valence-corrected chi connectivity index (χ2v) is 4.39. The summed E-state index contributed by atoms with van der Waals surface area (Å²) in [5.41, 5.74) is 4.77. The lowest BCUT2D eigenvalue weighted by atomic mass is 9.97. The number of aromatic nitrogens is 1. The van der Waals surface area contributed by atoms with Gasteiger partial charge in [0, 0.05) is 12.4 Å². The number of benzene rings is 1. The third kappa shape index (κ3) is 3.13. The van der Waals surface area contributed by atoms with Gasteiger partial charge in [0.1, 0.15) is 11.6 Å². The molecule has 3 N–H and O–H groups in total. The van der Waals surface area contributed by atoms with Crippen molar-refractivity contribution < 1.29 is 8.78 Å². The Balaban J connectivity index is 2.29. The van der Waals surface area contributed by atoms with Crippen LogP contribution in [0.4, 0.5) is 8.78 Å². The van der Waals surface area contributed by atoms with Crippen LogP contribution < -0.4 is 11.3 Å². The molecule has 3 nitrogen and oxygen atoms in total. The zero-order valence-electron chi connectivity index (χ0n) is 10.5. The SMILES string of the molecule is Cc1ccncc1C(Cc1cc(F)ccc1F)NN. The van der Waals surface area contributed by atoms with E-state index in [1.165, 1.54) is 6.07 Å². The number of pyridine rings is 1. The van der Waals surface area contributed by atoms with E-state index in [1.807, 2.05) is 13.0 Å². The maximum absolute atomic E-state index is 13.6. The molecular formula is C14H15F2N3. The fourth-order valence-corrected chi connectivity index (χ4v) is 2.02. The molecule has 0 aliphatic rings. The van der Waals surface area contributed by atoms with Crippen LogP contribution in [-0.4, -0.2) is 4.98 Å². The maximum Gasteiger partial charge on any atom is 0.126 e. The second-order valence-electron chi connectivity index (χ2n) is 4.39. The zero-order valence-corrected chi connectivity index (χ0v) is 10.5. The molecule has 100 valence electrons. The van der Waals surface area contributed by atoms with E-state index in [1.54, 1.807) is 12.4 Å². The number of rotatable bonds is 4. The monoisotopic (exact) mass is 263 g/mol. The third-order valence-electron chi connectivity index (χ3n) is 3.09. The number of nitrogens with zero attached hydrogens (tertiary/aromatic N) is 1. The average Bonchev–Trinajstić information content (AvgIpc) is 2.41. The lowest BCUT2D eigenvalue weighted by Crippen LogP contribution is -2.30. The van der Waals surface area contributed by atoms with Crippen LogP contribution in [0.2, 0.25) is 0 Å². The molecule has 0 saturated carbocycles. The number of hydrogen-bond donors (Lipinski definition) is 2. The molecule has 19 heavy (non-hydrogen) atoms. The van der Waals surface area contributed by atoms with E-state index in [0.717, 1.165) is 23.3 Å². The van der Waals surface area contributed by atoms with Gasteiger partial charge < -0.3 is 0 Å². The van der Waals surface area contributed by atoms with Crippen LogP contribution >= 0.6 is 0 Å². The van der Waals surface area contributed by atoms with E-state index >= 15 is 0 Å². The zero-order chi connectivity index (χ0) is 13.8. The number of hydrazine groups is 1. The largest absolute Gasteiger partial charge is 0.271 e. The molecule has 1 atom stereocenters. The topological polar surface area (TPSA) is 50.9 Å². The minimum Gasteiger partial charge on any atom is -0.271 e. The Morgan fingerprint density at radius 1 is 1.32 bits per heavy atom. The van der Waals surface area contributed by atoms with Gasteiger partial charge in [0.05, 0.1) is 6.04 Å². The molecule has 0 saturated heterocycles. The fourth-order valence-electron chi connectivity index (χ4n) is 2.02. The molecular weight excluding hydrogens is 248 g/mol. The summed E-state index contributed by atoms with van der Waals surface area (Å²) in [5.74, 6) is 4.61. The Morgan fingerprint density at radius 3 is 2.79 bits per heavy atom. The molecule has 2 rings (SSSR count). The Bertz CT molecular complexity index is 572. The first-order valence-electron chi connectivity index (χ1n) is 5.92. The molecule has 0 aliphatic heterocycles. The molecule has 1 aromatic heterocycles. The van der Waals surface area contributed by atoms with Crippen LogP contribution in [0.25, 0.3) is 0 Å². The quantitative estimate of drug-likeness (QED) is 0.658. The van der Waals surface area contributed by atoms with Crippen LogP contribution in [0.3, 0.4) is 0 Å². The summed E-state index contributed by atoms with van der Waals surface area (Å²) in [6.45, 7) is 1.92. The lowest BCUT2D eigenvalue weighted by molar-refractivity contribution is 0.520. The predicted octanol–water partition coefficient (Wildman–Crippen LogP) is 2.42. The first-order valence-corrected chi connectivity index (χ1v) is 5.92.